The first-order valence-corrected chi connectivity index (χ1v) is 17.6. The minimum Gasteiger partial charge on any atom is -0.310 e. The first-order chi connectivity index (χ1) is 24.3. The summed E-state index contributed by atoms with van der Waals surface area (Å²) in [5, 5.41) is 2.61. The molecule has 0 aliphatic heterocycles. The van der Waals surface area contributed by atoms with E-state index in [1.165, 1.54) is 83.3 Å². The number of fused-ring (bicyclic) bond motifs is 6. The van der Waals surface area contributed by atoms with E-state index in [9.17, 15) is 0 Å². The monoisotopic (exact) mass is 644 g/mol. The van der Waals surface area contributed by atoms with E-state index in [1.54, 1.807) is 0 Å². The van der Waals surface area contributed by atoms with Crippen LogP contribution in [0, 0.1) is 20.8 Å². The molecule has 2 nitrogen and oxygen atoms in total. The molecule has 0 spiro atoms. The average molecular weight is 645 g/mol. The van der Waals surface area contributed by atoms with E-state index in [1.807, 2.05) is 0 Å². The number of anilines is 3. The van der Waals surface area contributed by atoms with Gasteiger partial charge in [0.25, 0.3) is 0 Å². The lowest BCUT2D eigenvalue weighted by atomic mass is 9.81. The molecule has 1 aromatic heterocycles. The molecule has 0 unspecified atom stereocenters. The summed E-state index contributed by atoms with van der Waals surface area (Å²) in [5.41, 5.74) is 18.7. The molecule has 0 saturated carbocycles. The molecule has 9 rings (SSSR count). The van der Waals surface area contributed by atoms with Crippen LogP contribution in [0.15, 0.2) is 152 Å². The summed E-state index contributed by atoms with van der Waals surface area (Å²) in [5.74, 6) is 0. The van der Waals surface area contributed by atoms with Crippen LogP contribution < -0.4 is 4.90 Å². The molecule has 0 N–H and O–H groups in total. The molecule has 1 aliphatic rings. The highest BCUT2D eigenvalue weighted by atomic mass is 15.1. The van der Waals surface area contributed by atoms with Crippen molar-refractivity contribution < 1.29 is 0 Å². The first kappa shape index (κ1) is 30.2. The van der Waals surface area contributed by atoms with Gasteiger partial charge in [0.05, 0.1) is 16.7 Å². The molecule has 0 fully saturated rings. The predicted molar refractivity (Wildman–Crippen MR) is 213 cm³/mol. The van der Waals surface area contributed by atoms with Crippen molar-refractivity contribution in [2.24, 2.45) is 0 Å². The van der Waals surface area contributed by atoms with Crippen molar-refractivity contribution >= 4 is 38.9 Å². The molecule has 0 bridgehead atoms. The summed E-state index contributed by atoms with van der Waals surface area (Å²) in [6.45, 7) is 11.2. The molecule has 0 radical (unpaired) electrons. The molecule has 242 valence electrons. The van der Waals surface area contributed by atoms with Crippen LogP contribution in [0.2, 0.25) is 0 Å². The number of nitrogens with zero attached hydrogens (tertiary/aromatic N) is 2. The first-order valence-electron chi connectivity index (χ1n) is 17.6. The number of aromatic nitrogens is 1. The lowest BCUT2D eigenvalue weighted by molar-refractivity contribution is 0.661. The number of benzene rings is 7. The Morgan fingerprint density at radius 2 is 1.00 bits per heavy atom. The molecule has 0 atom stereocenters. The van der Waals surface area contributed by atoms with Crippen molar-refractivity contribution in [1.82, 2.24) is 4.57 Å². The third kappa shape index (κ3) is 4.70. The Hall–Kier alpha value is -5.86. The van der Waals surface area contributed by atoms with Crippen LogP contribution in [0.1, 0.15) is 41.7 Å². The smallest absolute Gasteiger partial charge is 0.0541 e. The summed E-state index contributed by atoms with van der Waals surface area (Å²) in [6.07, 6.45) is 0. The zero-order valence-electron chi connectivity index (χ0n) is 29.3. The van der Waals surface area contributed by atoms with Gasteiger partial charge in [-0.25, -0.2) is 0 Å². The largest absolute Gasteiger partial charge is 0.310 e. The highest BCUT2D eigenvalue weighted by Gasteiger charge is 2.38. The van der Waals surface area contributed by atoms with Gasteiger partial charge in [-0.1, -0.05) is 115 Å². The van der Waals surface area contributed by atoms with Gasteiger partial charge in [-0.15, -0.1) is 0 Å². The molecule has 7 aromatic carbocycles. The third-order valence-corrected chi connectivity index (χ3v) is 10.8. The summed E-state index contributed by atoms with van der Waals surface area (Å²) in [7, 11) is 0. The minimum absolute atomic E-state index is 0.124. The van der Waals surface area contributed by atoms with Crippen molar-refractivity contribution in [2.75, 3.05) is 4.90 Å². The van der Waals surface area contributed by atoms with E-state index in [4.69, 9.17) is 0 Å². The van der Waals surface area contributed by atoms with Crippen LogP contribution in [0.25, 0.3) is 49.7 Å². The zero-order chi connectivity index (χ0) is 34.1. The van der Waals surface area contributed by atoms with Crippen molar-refractivity contribution in [3.63, 3.8) is 0 Å². The second-order valence-corrected chi connectivity index (χ2v) is 14.5. The van der Waals surface area contributed by atoms with E-state index in [2.05, 4.69) is 196 Å². The summed E-state index contributed by atoms with van der Waals surface area (Å²) in [4.78, 5) is 2.43. The highest BCUT2D eigenvalue weighted by Crippen LogP contribution is 2.54. The van der Waals surface area contributed by atoms with E-state index in [0.717, 1.165) is 11.4 Å². The molecule has 1 heterocycles. The predicted octanol–water partition coefficient (Wildman–Crippen LogP) is 13.2. The third-order valence-electron chi connectivity index (χ3n) is 10.8. The standard InChI is InChI=1S/C48H40N2/c1-31-13-21-36(22-14-31)49(46-12-8-10-40-39-9-6-7-11-43(39)48(4,5)47(40)46)37-23-17-34(18-24-37)35-19-25-38(26-20-35)50-44-27-15-32(2)29-41(44)42-30-33(3)16-28-45(42)50/h6-30H,1-5H3. The maximum absolute atomic E-state index is 2.43. The summed E-state index contributed by atoms with van der Waals surface area (Å²) in [6, 6.07) is 56.2. The fourth-order valence-electron chi connectivity index (χ4n) is 8.26. The van der Waals surface area contributed by atoms with Crippen LogP contribution in [0.3, 0.4) is 0 Å². The molecule has 50 heavy (non-hydrogen) atoms. The molecule has 0 amide bonds. The quantitative estimate of drug-likeness (QED) is 0.181. The van der Waals surface area contributed by atoms with Gasteiger partial charge in [0.2, 0.25) is 0 Å². The van der Waals surface area contributed by atoms with Crippen LogP contribution in [-0.4, -0.2) is 4.57 Å². The second kappa shape index (κ2) is 11.4. The number of aryl methyl sites for hydroxylation is 3. The topological polar surface area (TPSA) is 8.17 Å². The van der Waals surface area contributed by atoms with Crippen LogP contribution in [-0.2, 0) is 5.41 Å². The minimum atomic E-state index is -0.124. The Balaban J connectivity index is 1.11. The van der Waals surface area contributed by atoms with E-state index in [0.29, 0.717) is 0 Å². The van der Waals surface area contributed by atoms with Crippen LogP contribution in [0.5, 0.6) is 0 Å². The number of rotatable bonds is 5. The Labute approximate surface area is 294 Å². The van der Waals surface area contributed by atoms with Crippen molar-refractivity contribution in [3.8, 4) is 27.9 Å². The van der Waals surface area contributed by atoms with Gasteiger partial charge in [-0.2, -0.15) is 0 Å². The number of hydrogen-bond donors (Lipinski definition) is 0. The van der Waals surface area contributed by atoms with Gasteiger partial charge in [0, 0.05) is 33.2 Å². The normalized spacial score (nSPS) is 13.1. The van der Waals surface area contributed by atoms with Crippen molar-refractivity contribution in [1.29, 1.82) is 0 Å². The molecule has 2 heteroatoms. The highest BCUT2D eigenvalue weighted by molar-refractivity contribution is 6.09. The SMILES string of the molecule is Cc1ccc(N(c2ccc(-c3ccc(-n4c5ccc(C)cc5c5cc(C)ccc54)cc3)cc2)c2cccc3c2C(C)(C)c2ccccc2-3)cc1. The van der Waals surface area contributed by atoms with E-state index >= 15 is 0 Å². The Bertz CT molecular complexity index is 2510. The molecule has 8 aromatic rings. The van der Waals surface area contributed by atoms with Crippen LogP contribution in [0.4, 0.5) is 17.1 Å². The fourth-order valence-corrected chi connectivity index (χ4v) is 8.26. The van der Waals surface area contributed by atoms with Crippen molar-refractivity contribution in [2.45, 2.75) is 40.0 Å². The maximum Gasteiger partial charge on any atom is 0.0541 e. The maximum atomic E-state index is 2.43. The van der Waals surface area contributed by atoms with Gasteiger partial charge >= 0.3 is 0 Å². The summed E-state index contributed by atoms with van der Waals surface area (Å²) >= 11 is 0. The van der Waals surface area contributed by atoms with Gasteiger partial charge in [-0.3, -0.25) is 0 Å². The second-order valence-electron chi connectivity index (χ2n) is 14.5. The van der Waals surface area contributed by atoms with E-state index < -0.39 is 0 Å². The Morgan fingerprint density at radius 1 is 0.480 bits per heavy atom. The van der Waals surface area contributed by atoms with Gasteiger partial charge < -0.3 is 9.47 Å². The average Bonchev–Trinajstić information content (AvgIpc) is 3.57. The summed E-state index contributed by atoms with van der Waals surface area (Å²) < 4.78 is 2.40. The molecular weight excluding hydrogens is 605 g/mol. The molecular formula is C48H40N2. The lowest BCUT2D eigenvalue weighted by Crippen LogP contribution is -2.20. The van der Waals surface area contributed by atoms with Crippen LogP contribution >= 0.6 is 0 Å². The van der Waals surface area contributed by atoms with Gasteiger partial charge in [-0.05, 0) is 121 Å². The Kier molecular flexibility index (Phi) is 6.86. The lowest BCUT2D eigenvalue weighted by Gasteiger charge is -2.32. The van der Waals surface area contributed by atoms with E-state index in [-0.39, 0.29) is 5.41 Å². The zero-order valence-corrected chi connectivity index (χ0v) is 29.3. The Morgan fingerprint density at radius 3 is 1.62 bits per heavy atom. The molecule has 0 saturated heterocycles. The van der Waals surface area contributed by atoms with Gasteiger partial charge in [0.15, 0.2) is 0 Å². The number of hydrogen-bond acceptors (Lipinski definition) is 1. The van der Waals surface area contributed by atoms with Gasteiger partial charge in [0.1, 0.15) is 0 Å². The van der Waals surface area contributed by atoms with Crippen molar-refractivity contribution in [3.05, 3.63) is 179 Å². The fraction of sp³-hybridized carbons (Fsp3) is 0.125. The molecule has 1 aliphatic carbocycles.